The molecule has 7 rings (SSSR count). The summed E-state index contributed by atoms with van der Waals surface area (Å²) in [5.41, 5.74) is 3.10. The molecule has 2 aromatic heterocycles. The molecule has 6 nitrogen and oxygen atoms in total. The van der Waals surface area contributed by atoms with Crippen molar-refractivity contribution in [2.24, 2.45) is 17.8 Å². The van der Waals surface area contributed by atoms with Crippen molar-refractivity contribution in [2.75, 3.05) is 7.11 Å². The Morgan fingerprint density at radius 1 is 0.872 bits per heavy atom. The van der Waals surface area contributed by atoms with Crippen LogP contribution in [-0.4, -0.2) is 44.7 Å². The summed E-state index contributed by atoms with van der Waals surface area (Å²) in [7, 11) is 1.60. The molecule has 2 aliphatic carbocycles. The Morgan fingerprint density at radius 2 is 1.67 bits per heavy atom. The third kappa shape index (κ3) is 4.59. The first-order valence-electron chi connectivity index (χ1n) is 15.4. The SMILES string of the molecule is COc1cc(-c2nc3ccccc3n([C@H]3C[C@H]4CC[C@H](C)[C@@H](C3)N4[C@@H]3C[C@@H]4CCCC[C@@H](C4)C3)c2=O)ccn1. The molecule has 4 heterocycles. The second-order valence-corrected chi connectivity index (χ2v) is 12.9. The van der Waals surface area contributed by atoms with Crippen LogP contribution in [0.3, 0.4) is 0 Å². The van der Waals surface area contributed by atoms with E-state index in [9.17, 15) is 4.79 Å². The summed E-state index contributed by atoms with van der Waals surface area (Å²) in [6, 6.07) is 13.9. The summed E-state index contributed by atoms with van der Waals surface area (Å²) in [4.78, 5) is 26.4. The molecule has 4 aliphatic rings. The zero-order valence-electron chi connectivity index (χ0n) is 23.5. The number of ether oxygens (including phenoxy) is 1. The highest BCUT2D eigenvalue weighted by atomic mass is 16.5. The first-order valence-corrected chi connectivity index (χ1v) is 15.4. The van der Waals surface area contributed by atoms with Crippen LogP contribution in [0.15, 0.2) is 47.4 Å². The third-order valence-electron chi connectivity index (χ3n) is 10.6. The highest BCUT2D eigenvalue weighted by Crippen LogP contribution is 2.48. The van der Waals surface area contributed by atoms with Gasteiger partial charge in [0.15, 0.2) is 0 Å². The lowest BCUT2D eigenvalue weighted by Gasteiger charge is -2.56. The average molecular weight is 527 g/mol. The van der Waals surface area contributed by atoms with Gasteiger partial charge in [-0.25, -0.2) is 9.97 Å². The van der Waals surface area contributed by atoms with Crippen LogP contribution in [0.1, 0.15) is 83.6 Å². The first kappa shape index (κ1) is 25.3. The normalized spacial score (nSPS) is 33.0. The fraction of sp³-hybridized carbons (Fsp3) is 0.606. The van der Waals surface area contributed by atoms with Crippen LogP contribution in [0.2, 0.25) is 0 Å². The van der Waals surface area contributed by atoms with Gasteiger partial charge in [0.25, 0.3) is 5.56 Å². The van der Waals surface area contributed by atoms with Crippen molar-refractivity contribution in [3.8, 4) is 17.1 Å². The largest absolute Gasteiger partial charge is 0.481 e. The van der Waals surface area contributed by atoms with Gasteiger partial charge in [-0.1, -0.05) is 44.7 Å². The minimum atomic E-state index is 0.00909. The maximum Gasteiger partial charge on any atom is 0.277 e. The quantitative estimate of drug-likeness (QED) is 0.382. The van der Waals surface area contributed by atoms with Gasteiger partial charge in [-0.3, -0.25) is 9.69 Å². The van der Waals surface area contributed by atoms with E-state index in [1.165, 1.54) is 57.8 Å². The van der Waals surface area contributed by atoms with E-state index in [1.54, 1.807) is 13.3 Å². The Kier molecular flexibility index (Phi) is 6.70. The number of hydrogen-bond donors (Lipinski definition) is 0. The topological polar surface area (TPSA) is 60.2 Å². The Hall–Kier alpha value is -2.73. The molecule has 7 atom stereocenters. The molecule has 206 valence electrons. The van der Waals surface area contributed by atoms with Crippen LogP contribution < -0.4 is 10.3 Å². The Morgan fingerprint density at radius 3 is 2.46 bits per heavy atom. The van der Waals surface area contributed by atoms with Crippen LogP contribution in [0.25, 0.3) is 22.3 Å². The second-order valence-electron chi connectivity index (χ2n) is 12.9. The molecule has 4 fully saturated rings. The van der Waals surface area contributed by atoms with Gasteiger partial charge in [0.05, 0.1) is 18.1 Å². The number of hydrogen-bond acceptors (Lipinski definition) is 5. The Balaban J connectivity index is 1.27. The van der Waals surface area contributed by atoms with Crippen molar-refractivity contribution in [2.45, 2.75) is 102 Å². The van der Waals surface area contributed by atoms with E-state index in [4.69, 9.17) is 9.72 Å². The maximum absolute atomic E-state index is 14.3. The maximum atomic E-state index is 14.3. The van der Waals surface area contributed by atoms with E-state index in [1.807, 2.05) is 30.3 Å². The third-order valence-corrected chi connectivity index (χ3v) is 10.6. The van der Waals surface area contributed by atoms with E-state index in [2.05, 4.69) is 27.4 Å². The molecule has 2 aliphatic heterocycles. The number of pyridine rings is 1. The monoisotopic (exact) mass is 526 g/mol. The van der Waals surface area contributed by atoms with E-state index < -0.39 is 0 Å². The van der Waals surface area contributed by atoms with E-state index >= 15 is 0 Å². The number of aromatic nitrogens is 3. The number of nitrogens with zero attached hydrogens (tertiary/aromatic N) is 4. The number of para-hydroxylation sites is 2. The van der Waals surface area contributed by atoms with Crippen molar-refractivity contribution in [3.05, 3.63) is 52.9 Å². The predicted octanol–water partition coefficient (Wildman–Crippen LogP) is 6.63. The van der Waals surface area contributed by atoms with Crippen molar-refractivity contribution in [1.82, 2.24) is 19.4 Å². The van der Waals surface area contributed by atoms with Gasteiger partial charge in [0.2, 0.25) is 5.88 Å². The lowest BCUT2D eigenvalue weighted by molar-refractivity contribution is -0.0642. The minimum Gasteiger partial charge on any atom is -0.481 e. The van der Waals surface area contributed by atoms with Crippen LogP contribution in [0.5, 0.6) is 5.88 Å². The van der Waals surface area contributed by atoms with Crippen LogP contribution in [-0.2, 0) is 0 Å². The lowest BCUT2D eigenvalue weighted by Crippen LogP contribution is -2.60. The number of rotatable bonds is 4. The minimum absolute atomic E-state index is 0.00909. The number of piperidine rings is 2. The van der Waals surface area contributed by atoms with Gasteiger partial charge in [-0.05, 0) is 80.9 Å². The zero-order chi connectivity index (χ0) is 26.5. The van der Waals surface area contributed by atoms with Crippen molar-refractivity contribution in [1.29, 1.82) is 0 Å². The molecule has 0 N–H and O–H groups in total. The summed E-state index contributed by atoms with van der Waals surface area (Å²) in [6.45, 7) is 2.47. The zero-order valence-corrected chi connectivity index (χ0v) is 23.5. The molecule has 0 radical (unpaired) electrons. The van der Waals surface area contributed by atoms with Crippen LogP contribution >= 0.6 is 0 Å². The molecule has 0 spiro atoms. The van der Waals surface area contributed by atoms with Gasteiger partial charge in [-0.15, -0.1) is 0 Å². The van der Waals surface area contributed by atoms with E-state index in [-0.39, 0.29) is 11.6 Å². The second kappa shape index (κ2) is 10.3. The van der Waals surface area contributed by atoms with Gasteiger partial charge < -0.3 is 9.30 Å². The standard InChI is InChI=1S/C33H42N4O2/c1-21-11-12-25-19-27(20-30(21)36(25)26-16-22-7-3-4-8-23(15-22)17-26)37-29-10-6-5-9-28(29)35-32(33(37)38)24-13-14-34-31(18-24)39-2/h5-6,9-10,13-14,18,21-23,25-27,30H,3-4,7-8,11-12,15-17,19-20H2,1-2H3/t21-,22-,23+,25+,26-,27-,30+/m0/s1. The highest BCUT2D eigenvalue weighted by molar-refractivity contribution is 5.78. The summed E-state index contributed by atoms with van der Waals surface area (Å²) in [5.74, 6) is 3.02. The number of methoxy groups -OCH3 is 1. The molecule has 39 heavy (non-hydrogen) atoms. The fourth-order valence-electron chi connectivity index (χ4n) is 8.91. The van der Waals surface area contributed by atoms with Crippen LogP contribution in [0.4, 0.5) is 0 Å². The summed E-state index contributed by atoms with van der Waals surface area (Å²) < 4.78 is 7.48. The van der Waals surface area contributed by atoms with Crippen LogP contribution in [0, 0.1) is 17.8 Å². The molecule has 4 bridgehead atoms. The molecule has 2 saturated heterocycles. The summed E-state index contributed by atoms with van der Waals surface area (Å²) >= 11 is 0. The van der Waals surface area contributed by atoms with E-state index in [0.29, 0.717) is 29.6 Å². The smallest absolute Gasteiger partial charge is 0.277 e. The number of fused-ring (bicyclic) bond motifs is 5. The molecule has 0 amide bonds. The lowest BCUT2D eigenvalue weighted by atomic mass is 9.71. The van der Waals surface area contributed by atoms with Gasteiger partial charge in [0, 0.05) is 42.0 Å². The summed E-state index contributed by atoms with van der Waals surface area (Å²) in [5, 5.41) is 0. The molecular weight excluding hydrogens is 484 g/mol. The Labute approximate surface area is 231 Å². The van der Waals surface area contributed by atoms with Crippen molar-refractivity contribution < 1.29 is 4.74 Å². The molecular formula is C33H42N4O2. The highest BCUT2D eigenvalue weighted by Gasteiger charge is 2.47. The average Bonchev–Trinajstić information content (AvgIpc) is 3.13. The van der Waals surface area contributed by atoms with Crippen molar-refractivity contribution >= 4 is 11.0 Å². The van der Waals surface area contributed by atoms with Gasteiger partial charge in [-0.2, -0.15) is 0 Å². The molecule has 0 unspecified atom stereocenters. The molecule has 6 heteroatoms. The summed E-state index contributed by atoms with van der Waals surface area (Å²) in [6.07, 6.45) is 16.4. The van der Waals surface area contributed by atoms with E-state index in [0.717, 1.165) is 47.3 Å². The molecule has 2 saturated carbocycles. The molecule has 3 aromatic rings. The number of benzene rings is 1. The van der Waals surface area contributed by atoms with Gasteiger partial charge in [0.1, 0.15) is 5.69 Å². The fourth-order valence-corrected chi connectivity index (χ4v) is 8.91. The van der Waals surface area contributed by atoms with Gasteiger partial charge >= 0.3 is 0 Å². The first-order chi connectivity index (χ1) is 19.1. The van der Waals surface area contributed by atoms with Crippen molar-refractivity contribution in [3.63, 3.8) is 0 Å². The molecule has 1 aromatic carbocycles. The Bertz CT molecular complexity index is 1390. The predicted molar refractivity (Wildman–Crippen MR) is 155 cm³/mol.